The molecule has 11 heteroatoms. The van der Waals surface area contributed by atoms with Gasteiger partial charge < -0.3 is 31.1 Å². The predicted octanol–water partition coefficient (Wildman–Crippen LogP) is 2.54. The maximum absolute atomic E-state index is 13.8. The Morgan fingerprint density at radius 1 is 1.10 bits per heavy atom. The number of aromatic hydroxyl groups is 1. The zero-order valence-electron chi connectivity index (χ0n) is 21.0. The topological polar surface area (TPSA) is 178 Å². The molecule has 6 N–H and O–H groups in total. The number of hydrogen-bond acceptors (Lipinski definition) is 9. The summed E-state index contributed by atoms with van der Waals surface area (Å²) in [6.45, 7) is 0. The number of ketones is 2. The van der Waals surface area contributed by atoms with Gasteiger partial charge in [0, 0.05) is 48.8 Å². The number of fused-ring (bicyclic) bond motifs is 3. The molecular formula is C28H25ClN2O8. The van der Waals surface area contributed by atoms with Crippen molar-refractivity contribution in [3.63, 3.8) is 0 Å². The number of aliphatic hydroxyl groups is 3. The molecule has 0 saturated heterocycles. The van der Waals surface area contributed by atoms with E-state index in [-0.39, 0.29) is 47.3 Å². The Balaban J connectivity index is 1.75. The summed E-state index contributed by atoms with van der Waals surface area (Å²) in [5.41, 5.74) is 3.52. The summed E-state index contributed by atoms with van der Waals surface area (Å²) in [5, 5.41) is 44.3. The molecule has 39 heavy (non-hydrogen) atoms. The Labute approximate surface area is 227 Å². The Kier molecular flexibility index (Phi) is 6.08. The number of nitrogens with zero attached hydrogens (tertiary/aromatic N) is 1. The van der Waals surface area contributed by atoms with Gasteiger partial charge in [-0.25, -0.2) is 0 Å². The average Bonchev–Trinajstić information content (AvgIpc) is 2.86. The number of nitrogens with two attached hydrogens (primary N) is 1. The van der Waals surface area contributed by atoms with Gasteiger partial charge in [-0.15, -0.1) is 0 Å². The molecule has 0 radical (unpaired) electrons. The summed E-state index contributed by atoms with van der Waals surface area (Å²) in [7, 11) is 3.54. The smallest absolute Gasteiger partial charge is 0.255 e. The highest BCUT2D eigenvalue weighted by atomic mass is 35.5. The number of rotatable bonds is 4. The van der Waals surface area contributed by atoms with Crippen LogP contribution < -0.4 is 10.6 Å². The first-order valence-corrected chi connectivity index (χ1v) is 12.5. The fourth-order valence-corrected chi connectivity index (χ4v) is 6.21. The summed E-state index contributed by atoms with van der Waals surface area (Å²) >= 11 is 5.64. The lowest BCUT2D eigenvalue weighted by atomic mass is 9.59. The molecule has 0 bridgehead atoms. The van der Waals surface area contributed by atoms with Crippen LogP contribution in [0.2, 0.25) is 0 Å². The molecule has 3 atom stereocenters. The number of halogens is 1. The minimum atomic E-state index is -2.64. The van der Waals surface area contributed by atoms with E-state index < -0.39 is 57.2 Å². The van der Waals surface area contributed by atoms with Gasteiger partial charge in [0.05, 0.1) is 5.56 Å². The highest BCUT2D eigenvalue weighted by Crippen LogP contribution is 2.54. The second-order valence-electron chi connectivity index (χ2n) is 10.3. The van der Waals surface area contributed by atoms with E-state index in [0.29, 0.717) is 16.8 Å². The number of primary amides is 1. The van der Waals surface area contributed by atoms with E-state index in [1.54, 1.807) is 37.2 Å². The van der Waals surface area contributed by atoms with E-state index in [0.717, 1.165) is 0 Å². The van der Waals surface area contributed by atoms with E-state index in [9.17, 15) is 39.6 Å². The van der Waals surface area contributed by atoms with E-state index in [1.165, 1.54) is 12.1 Å². The fourth-order valence-electron chi connectivity index (χ4n) is 6.10. The third kappa shape index (κ3) is 3.74. The van der Waals surface area contributed by atoms with Crippen molar-refractivity contribution in [1.29, 1.82) is 0 Å². The quantitative estimate of drug-likeness (QED) is 0.281. The van der Waals surface area contributed by atoms with Crippen LogP contribution in [-0.2, 0) is 20.8 Å². The molecule has 3 aliphatic rings. The molecule has 0 aromatic heterocycles. The van der Waals surface area contributed by atoms with Crippen LogP contribution in [0.15, 0.2) is 47.2 Å². The van der Waals surface area contributed by atoms with Gasteiger partial charge in [-0.2, -0.15) is 0 Å². The number of aliphatic hydroxyl groups excluding tert-OH is 2. The van der Waals surface area contributed by atoms with E-state index >= 15 is 0 Å². The Morgan fingerprint density at radius 2 is 1.79 bits per heavy atom. The normalized spacial score (nSPS) is 24.2. The Bertz CT molecular complexity index is 1570. The molecule has 202 valence electrons. The molecule has 1 fully saturated rings. The highest BCUT2D eigenvalue weighted by molar-refractivity contribution is 6.67. The van der Waals surface area contributed by atoms with Crippen molar-refractivity contribution in [1.82, 2.24) is 0 Å². The van der Waals surface area contributed by atoms with Gasteiger partial charge in [0.2, 0.25) is 5.78 Å². The molecule has 1 saturated carbocycles. The van der Waals surface area contributed by atoms with Gasteiger partial charge in [-0.3, -0.25) is 19.2 Å². The second-order valence-corrected chi connectivity index (χ2v) is 10.6. The number of benzene rings is 2. The number of Topliss-reactive ketones (excluding diaryl/α,β-unsaturated/α-hetero) is 2. The highest BCUT2D eigenvalue weighted by Gasteiger charge is 2.60. The van der Waals surface area contributed by atoms with Gasteiger partial charge in [0.1, 0.15) is 22.8 Å². The maximum atomic E-state index is 13.8. The summed E-state index contributed by atoms with van der Waals surface area (Å²) in [5.74, 6) is -6.89. The number of carbonyl (C=O) groups is 4. The minimum absolute atomic E-state index is 0.0362. The van der Waals surface area contributed by atoms with E-state index in [1.807, 2.05) is 0 Å². The Morgan fingerprint density at radius 3 is 2.41 bits per heavy atom. The third-order valence-electron chi connectivity index (χ3n) is 7.92. The lowest BCUT2D eigenvalue weighted by Crippen LogP contribution is -2.58. The fraction of sp³-hybridized carbons (Fsp3) is 0.286. The van der Waals surface area contributed by atoms with Crippen molar-refractivity contribution in [2.24, 2.45) is 17.6 Å². The number of phenols is 1. The summed E-state index contributed by atoms with van der Waals surface area (Å²) in [6, 6.07) is 7.93. The van der Waals surface area contributed by atoms with Crippen LogP contribution in [0.1, 0.15) is 34.3 Å². The zero-order chi connectivity index (χ0) is 28.5. The zero-order valence-corrected chi connectivity index (χ0v) is 21.7. The Hall–Kier alpha value is -4.15. The van der Waals surface area contributed by atoms with Crippen LogP contribution in [0.3, 0.4) is 0 Å². The molecule has 2 aromatic carbocycles. The van der Waals surface area contributed by atoms with Crippen molar-refractivity contribution in [2.45, 2.75) is 24.9 Å². The number of anilines is 1. The van der Waals surface area contributed by atoms with E-state index in [4.69, 9.17) is 17.3 Å². The maximum Gasteiger partial charge on any atom is 0.255 e. The number of phenolic OH excluding ortho intramolecular Hbond substituents is 1. The van der Waals surface area contributed by atoms with Crippen molar-refractivity contribution in [3.05, 3.63) is 63.9 Å². The van der Waals surface area contributed by atoms with Crippen LogP contribution in [-0.4, -0.2) is 62.8 Å². The average molecular weight is 553 g/mol. The van der Waals surface area contributed by atoms with Crippen LogP contribution in [0.5, 0.6) is 5.75 Å². The van der Waals surface area contributed by atoms with Crippen LogP contribution >= 0.6 is 11.6 Å². The standard InChI is InChI=1S/C28H25ClN2O8/c1-31(2)17-10-15(11-4-3-5-12(6-11)26(29)37)22(33)20-16(17)8-13-7-14-9-18(32)21(27(30)38)25(36)28(14,39)24(35)19(13)23(20)34/h3-6,10,13-14,33-34,36,39H,7-9H2,1-2H3,(H2,30,38)/t13-,14+,28+/m1/s1. The number of carbonyl (C=O) groups excluding carboxylic acids is 4. The van der Waals surface area contributed by atoms with Gasteiger partial charge in [0.15, 0.2) is 11.4 Å². The number of amides is 1. The lowest BCUT2D eigenvalue weighted by Gasteiger charge is -2.46. The molecule has 1 amide bonds. The third-order valence-corrected chi connectivity index (χ3v) is 8.14. The first-order chi connectivity index (χ1) is 18.3. The van der Waals surface area contributed by atoms with Crippen molar-refractivity contribution in [3.8, 4) is 16.9 Å². The monoisotopic (exact) mass is 552 g/mol. The summed E-state index contributed by atoms with van der Waals surface area (Å²) in [6.07, 6.45) is -0.170. The number of hydrogen-bond donors (Lipinski definition) is 5. The van der Waals surface area contributed by atoms with E-state index in [2.05, 4.69) is 0 Å². The molecule has 0 spiro atoms. The summed E-state index contributed by atoms with van der Waals surface area (Å²) < 4.78 is 0. The second kappa shape index (κ2) is 8.96. The van der Waals surface area contributed by atoms with Gasteiger partial charge in [-0.1, -0.05) is 18.2 Å². The molecule has 5 rings (SSSR count). The van der Waals surface area contributed by atoms with Crippen molar-refractivity contribution >= 4 is 45.8 Å². The van der Waals surface area contributed by atoms with Crippen LogP contribution in [0.25, 0.3) is 16.9 Å². The molecule has 0 unspecified atom stereocenters. The van der Waals surface area contributed by atoms with Crippen molar-refractivity contribution < 1.29 is 39.6 Å². The SMILES string of the molecule is CN(C)c1cc(-c2cccc(C(=O)Cl)c2)c(O)c2c1C[C@H]1C[C@H]3CC(=O)C(C(N)=O)=C(O)[C@@]3(O)C(=O)C1=C2O. The van der Waals surface area contributed by atoms with Crippen LogP contribution in [0.4, 0.5) is 5.69 Å². The van der Waals surface area contributed by atoms with Gasteiger partial charge in [0.25, 0.3) is 11.1 Å². The first kappa shape index (κ1) is 26.5. The van der Waals surface area contributed by atoms with Gasteiger partial charge >= 0.3 is 0 Å². The molecule has 0 aliphatic heterocycles. The molecule has 3 aliphatic carbocycles. The minimum Gasteiger partial charge on any atom is -0.508 e. The summed E-state index contributed by atoms with van der Waals surface area (Å²) in [4.78, 5) is 51.6. The largest absolute Gasteiger partial charge is 0.508 e. The molecular weight excluding hydrogens is 528 g/mol. The molecule has 0 heterocycles. The predicted molar refractivity (Wildman–Crippen MR) is 141 cm³/mol. The first-order valence-electron chi connectivity index (χ1n) is 12.1. The van der Waals surface area contributed by atoms with Crippen molar-refractivity contribution in [2.75, 3.05) is 19.0 Å². The molecule has 2 aromatic rings. The lowest BCUT2D eigenvalue weighted by molar-refractivity contribution is -0.147. The molecule has 10 nitrogen and oxygen atoms in total. The van der Waals surface area contributed by atoms with Crippen LogP contribution in [0, 0.1) is 11.8 Å². The van der Waals surface area contributed by atoms with Gasteiger partial charge in [-0.05, 0) is 53.6 Å².